The summed E-state index contributed by atoms with van der Waals surface area (Å²) in [6.07, 6.45) is 0. The van der Waals surface area contributed by atoms with E-state index in [1.165, 1.54) is 6.92 Å². The van der Waals surface area contributed by atoms with E-state index in [2.05, 4.69) is 16.7 Å². The van der Waals surface area contributed by atoms with Crippen molar-refractivity contribution in [2.75, 3.05) is 11.9 Å². The highest BCUT2D eigenvalue weighted by Gasteiger charge is 2.06. The molecular formula is C11H15N3OS. The number of nitrogens with zero attached hydrogens (tertiary/aromatic N) is 1. The molecule has 0 aliphatic rings. The smallest absolute Gasteiger partial charge is 0.221 e. The Morgan fingerprint density at radius 1 is 1.69 bits per heavy atom. The van der Waals surface area contributed by atoms with Crippen molar-refractivity contribution in [3.63, 3.8) is 0 Å². The topological polar surface area (TPSA) is 64.9 Å². The van der Waals surface area contributed by atoms with E-state index in [0.29, 0.717) is 13.1 Å². The van der Waals surface area contributed by atoms with Crippen LogP contribution < -0.4 is 10.6 Å². The normalized spacial score (nSPS) is 11.8. The van der Waals surface area contributed by atoms with Gasteiger partial charge in [0.25, 0.3) is 0 Å². The number of nitriles is 1. The van der Waals surface area contributed by atoms with Crippen LogP contribution in [0.2, 0.25) is 0 Å². The highest BCUT2D eigenvalue weighted by molar-refractivity contribution is 7.10. The van der Waals surface area contributed by atoms with Gasteiger partial charge in [-0.15, -0.1) is 11.3 Å². The fraction of sp³-hybridized carbons (Fsp3) is 0.455. The molecule has 1 aromatic rings. The molecule has 0 saturated carbocycles. The maximum Gasteiger partial charge on any atom is 0.221 e. The Morgan fingerprint density at radius 2 is 2.44 bits per heavy atom. The van der Waals surface area contributed by atoms with Crippen LogP contribution in [-0.4, -0.2) is 12.5 Å². The number of hydrogen-bond donors (Lipinski definition) is 2. The first-order chi connectivity index (χ1) is 7.63. The highest BCUT2D eigenvalue weighted by Crippen LogP contribution is 2.21. The quantitative estimate of drug-likeness (QED) is 0.822. The van der Waals surface area contributed by atoms with E-state index in [9.17, 15) is 4.79 Å². The van der Waals surface area contributed by atoms with E-state index >= 15 is 0 Å². The summed E-state index contributed by atoms with van der Waals surface area (Å²) in [6, 6.07) is 4.05. The van der Waals surface area contributed by atoms with Gasteiger partial charge in [-0.3, -0.25) is 4.79 Å². The summed E-state index contributed by atoms with van der Waals surface area (Å²) in [5.74, 6) is -0.0609. The first kappa shape index (κ1) is 12.7. The summed E-state index contributed by atoms with van der Waals surface area (Å²) in [6.45, 7) is 4.70. The monoisotopic (exact) mass is 237 g/mol. The van der Waals surface area contributed by atoms with Gasteiger partial charge >= 0.3 is 0 Å². The Labute approximate surface area is 99.3 Å². The number of nitrogens with one attached hydrogen (secondary N) is 2. The van der Waals surface area contributed by atoms with Crippen molar-refractivity contribution in [2.24, 2.45) is 5.92 Å². The number of carbonyl (C=O) groups is 1. The second-order valence-electron chi connectivity index (χ2n) is 3.60. The van der Waals surface area contributed by atoms with E-state index in [1.807, 2.05) is 18.4 Å². The lowest BCUT2D eigenvalue weighted by molar-refractivity contribution is -0.114. The van der Waals surface area contributed by atoms with Crippen molar-refractivity contribution in [2.45, 2.75) is 20.4 Å². The van der Waals surface area contributed by atoms with Gasteiger partial charge < -0.3 is 10.6 Å². The average molecular weight is 237 g/mol. The first-order valence-corrected chi connectivity index (χ1v) is 5.95. The molecule has 0 aliphatic heterocycles. The van der Waals surface area contributed by atoms with E-state index in [1.54, 1.807) is 11.3 Å². The van der Waals surface area contributed by atoms with Crippen molar-refractivity contribution in [1.82, 2.24) is 5.32 Å². The number of hydrogen-bond acceptors (Lipinski definition) is 4. The molecule has 4 nitrogen and oxygen atoms in total. The molecule has 86 valence electrons. The molecule has 0 spiro atoms. The van der Waals surface area contributed by atoms with E-state index in [4.69, 9.17) is 5.26 Å². The average Bonchev–Trinajstić information content (AvgIpc) is 2.64. The Kier molecular flexibility index (Phi) is 4.96. The van der Waals surface area contributed by atoms with Gasteiger partial charge in [0.05, 0.1) is 17.7 Å². The van der Waals surface area contributed by atoms with Crippen LogP contribution in [0, 0.1) is 17.2 Å². The molecule has 1 unspecified atom stereocenters. The lowest BCUT2D eigenvalue weighted by atomic mass is 10.2. The van der Waals surface area contributed by atoms with Crippen LogP contribution >= 0.6 is 11.3 Å². The SMILES string of the molecule is CC(=O)Nc1ccsc1CNCC(C)C#N. The van der Waals surface area contributed by atoms with Gasteiger partial charge in [0.1, 0.15) is 0 Å². The molecule has 0 fully saturated rings. The van der Waals surface area contributed by atoms with Gasteiger partial charge in [0.2, 0.25) is 5.91 Å². The van der Waals surface area contributed by atoms with Crippen LogP contribution in [0.15, 0.2) is 11.4 Å². The Hall–Kier alpha value is -1.38. The molecule has 0 radical (unpaired) electrons. The van der Waals surface area contributed by atoms with Crippen LogP contribution in [0.5, 0.6) is 0 Å². The number of carbonyl (C=O) groups excluding carboxylic acids is 1. The minimum Gasteiger partial charge on any atom is -0.325 e. The Balaban J connectivity index is 2.45. The highest BCUT2D eigenvalue weighted by atomic mass is 32.1. The molecule has 16 heavy (non-hydrogen) atoms. The van der Waals surface area contributed by atoms with E-state index in [-0.39, 0.29) is 11.8 Å². The molecule has 2 N–H and O–H groups in total. The van der Waals surface area contributed by atoms with Crippen molar-refractivity contribution in [1.29, 1.82) is 5.26 Å². The van der Waals surface area contributed by atoms with Crippen LogP contribution in [0.1, 0.15) is 18.7 Å². The van der Waals surface area contributed by atoms with Crippen LogP contribution in [0.4, 0.5) is 5.69 Å². The van der Waals surface area contributed by atoms with Gasteiger partial charge in [0.15, 0.2) is 0 Å². The lowest BCUT2D eigenvalue weighted by Gasteiger charge is -2.07. The first-order valence-electron chi connectivity index (χ1n) is 5.07. The summed E-state index contributed by atoms with van der Waals surface area (Å²) in [4.78, 5) is 12.0. The second-order valence-corrected chi connectivity index (χ2v) is 4.60. The standard InChI is InChI=1S/C11H15N3OS/c1-8(5-12)6-13-7-11-10(3-4-16-11)14-9(2)15/h3-4,8,13H,6-7H2,1-2H3,(H,14,15). The second kappa shape index (κ2) is 6.26. The summed E-state index contributed by atoms with van der Waals surface area (Å²) < 4.78 is 0. The third-order valence-corrected chi connectivity index (χ3v) is 2.93. The van der Waals surface area contributed by atoms with Crippen LogP contribution in [0.25, 0.3) is 0 Å². The van der Waals surface area contributed by atoms with Crippen LogP contribution in [-0.2, 0) is 11.3 Å². The van der Waals surface area contributed by atoms with E-state index < -0.39 is 0 Å². The third kappa shape index (κ3) is 4.01. The molecule has 1 amide bonds. The molecule has 1 atom stereocenters. The summed E-state index contributed by atoms with van der Waals surface area (Å²) in [5, 5.41) is 16.5. The molecular weight excluding hydrogens is 222 g/mol. The fourth-order valence-corrected chi connectivity index (χ4v) is 2.03. The molecule has 0 aliphatic carbocycles. The van der Waals surface area contributed by atoms with Crippen molar-refractivity contribution < 1.29 is 4.79 Å². The number of amides is 1. The minimum absolute atomic E-state index is 0.00387. The summed E-state index contributed by atoms with van der Waals surface area (Å²) in [7, 11) is 0. The molecule has 0 saturated heterocycles. The number of thiophene rings is 1. The number of rotatable bonds is 5. The zero-order valence-electron chi connectivity index (χ0n) is 9.41. The Morgan fingerprint density at radius 3 is 3.06 bits per heavy atom. The minimum atomic E-state index is -0.0648. The summed E-state index contributed by atoms with van der Waals surface area (Å²) >= 11 is 1.59. The molecule has 0 aromatic carbocycles. The van der Waals surface area contributed by atoms with Gasteiger partial charge in [0, 0.05) is 24.9 Å². The largest absolute Gasteiger partial charge is 0.325 e. The van der Waals surface area contributed by atoms with E-state index in [0.717, 1.165) is 10.6 Å². The molecule has 5 heteroatoms. The summed E-state index contributed by atoms with van der Waals surface area (Å²) in [5.41, 5.74) is 0.856. The molecule has 0 bridgehead atoms. The van der Waals surface area contributed by atoms with Crippen molar-refractivity contribution in [3.05, 3.63) is 16.3 Å². The van der Waals surface area contributed by atoms with Gasteiger partial charge in [-0.1, -0.05) is 0 Å². The van der Waals surface area contributed by atoms with Gasteiger partial charge in [-0.25, -0.2) is 0 Å². The third-order valence-electron chi connectivity index (χ3n) is 2.01. The maximum absolute atomic E-state index is 10.9. The predicted octanol–water partition coefficient (Wildman–Crippen LogP) is 1.96. The molecule has 1 aromatic heterocycles. The van der Waals surface area contributed by atoms with Crippen molar-refractivity contribution in [3.8, 4) is 6.07 Å². The van der Waals surface area contributed by atoms with Gasteiger partial charge in [-0.2, -0.15) is 5.26 Å². The zero-order chi connectivity index (χ0) is 12.0. The lowest BCUT2D eigenvalue weighted by Crippen LogP contribution is -2.20. The fourth-order valence-electron chi connectivity index (χ4n) is 1.23. The van der Waals surface area contributed by atoms with Gasteiger partial charge in [-0.05, 0) is 18.4 Å². The molecule has 1 heterocycles. The Bertz CT molecular complexity index is 394. The van der Waals surface area contributed by atoms with Crippen LogP contribution in [0.3, 0.4) is 0 Å². The predicted molar refractivity (Wildman–Crippen MR) is 65.1 cm³/mol. The zero-order valence-corrected chi connectivity index (χ0v) is 10.2. The molecule has 1 rings (SSSR count). The van der Waals surface area contributed by atoms with Crippen molar-refractivity contribution >= 4 is 22.9 Å². The number of anilines is 1. The maximum atomic E-state index is 10.9.